The molecule has 0 aromatic heterocycles. The molecule has 0 radical (unpaired) electrons. The summed E-state index contributed by atoms with van der Waals surface area (Å²) in [4.78, 5) is 11.4. The average Bonchev–Trinajstić information content (AvgIpc) is 3.26. The maximum Gasteiger partial charge on any atom is 0.407 e. The van der Waals surface area contributed by atoms with Crippen LogP contribution in [0.4, 0.5) is 4.79 Å². The van der Waals surface area contributed by atoms with Gasteiger partial charge in [0.1, 0.15) is 6.61 Å². The number of carbonyl (C=O) groups excluding carboxylic acids is 1. The molecule has 1 aliphatic rings. The van der Waals surface area contributed by atoms with Gasteiger partial charge in [0.05, 0.1) is 6.10 Å². The number of benzene rings is 1. The molecular weight excluding hydrogens is 244 g/mol. The normalized spacial score (nSPS) is 15.8. The van der Waals surface area contributed by atoms with Crippen LogP contribution in [0.15, 0.2) is 30.3 Å². The first-order valence-corrected chi connectivity index (χ1v) is 6.60. The maximum absolute atomic E-state index is 11.4. The van der Waals surface area contributed by atoms with E-state index in [1.807, 2.05) is 30.3 Å². The van der Waals surface area contributed by atoms with Gasteiger partial charge >= 0.3 is 6.09 Å². The van der Waals surface area contributed by atoms with E-state index in [4.69, 9.17) is 4.74 Å². The summed E-state index contributed by atoms with van der Waals surface area (Å²) in [7, 11) is 0. The lowest BCUT2D eigenvalue weighted by Crippen LogP contribution is -2.38. The molecule has 0 spiro atoms. The summed E-state index contributed by atoms with van der Waals surface area (Å²) in [6.45, 7) is 0.945. The first-order valence-electron chi connectivity index (χ1n) is 6.60. The molecule has 1 saturated carbocycles. The number of hydrogen-bond acceptors (Lipinski definition) is 4. The fourth-order valence-electron chi connectivity index (χ4n) is 1.64. The highest BCUT2D eigenvalue weighted by atomic mass is 16.5. The van der Waals surface area contributed by atoms with Crippen molar-refractivity contribution in [3.05, 3.63) is 35.9 Å². The van der Waals surface area contributed by atoms with E-state index in [9.17, 15) is 9.90 Å². The van der Waals surface area contributed by atoms with Crippen LogP contribution in [0.3, 0.4) is 0 Å². The maximum atomic E-state index is 11.4. The highest BCUT2D eigenvalue weighted by Gasteiger charge is 2.21. The van der Waals surface area contributed by atoms with Gasteiger partial charge in [0, 0.05) is 19.1 Å². The van der Waals surface area contributed by atoms with Crippen molar-refractivity contribution in [3.8, 4) is 0 Å². The molecule has 1 unspecified atom stereocenters. The minimum atomic E-state index is -0.579. The van der Waals surface area contributed by atoms with Crippen LogP contribution in [0.2, 0.25) is 0 Å². The SMILES string of the molecule is O=C(NCC(O)CNC1CC1)OCc1ccccc1. The molecule has 1 aromatic carbocycles. The standard InChI is InChI=1S/C14H20N2O3/c17-13(8-15-12-6-7-12)9-16-14(18)19-10-11-4-2-1-3-5-11/h1-5,12-13,15,17H,6-10H2,(H,16,18). The number of aliphatic hydroxyl groups excluding tert-OH is 1. The highest BCUT2D eigenvalue weighted by molar-refractivity contribution is 5.67. The molecule has 0 aliphatic heterocycles. The van der Waals surface area contributed by atoms with Gasteiger partial charge in [0.2, 0.25) is 0 Å². The van der Waals surface area contributed by atoms with Crippen molar-refractivity contribution in [3.63, 3.8) is 0 Å². The molecule has 19 heavy (non-hydrogen) atoms. The van der Waals surface area contributed by atoms with Crippen LogP contribution < -0.4 is 10.6 Å². The van der Waals surface area contributed by atoms with Crippen molar-refractivity contribution in [2.45, 2.75) is 31.6 Å². The second-order valence-electron chi connectivity index (χ2n) is 4.78. The van der Waals surface area contributed by atoms with E-state index < -0.39 is 12.2 Å². The van der Waals surface area contributed by atoms with Gasteiger partial charge < -0.3 is 20.5 Å². The van der Waals surface area contributed by atoms with Crippen LogP contribution in [0.1, 0.15) is 18.4 Å². The van der Waals surface area contributed by atoms with Crippen LogP contribution in [-0.2, 0) is 11.3 Å². The van der Waals surface area contributed by atoms with Gasteiger partial charge in [0.25, 0.3) is 0 Å². The number of rotatable bonds is 7. The summed E-state index contributed by atoms with van der Waals surface area (Å²) in [5, 5.41) is 15.4. The number of nitrogens with one attached hydrogen (secondary N) is 2. The van der Waals surface area contributed by atoms with E-state index in [0.717, 1.165) is 5.56 Å². The number of carbonyl (C=O) groups is 1. The second kappa shape index (κ2) is 7.11. The van der Waals surface area contributed by atoms with Crippen molar-refractivity contribution < 1.29 is 14.6 Å². The van der Waals surface area contributed by atoms with Gasteiger partial charge in [0.15, 0.2) is 0 Å². The lowest BCUT2D eigenvalue weighted by Gasteiger charge is -2.12. The smallest absolute Gasteiger partial charge is 0.407 e. The van der Waals surface area contributed by atoms with Crippen molar-refractivity contribution in [2.24, 2.45) is 0 Å². The Hall–Kier alpha value is -1.59. The second-order valence-corrected chi connectivity index (χ2v) is 4.78. The summed E-state index contributed by atoms with van der Waals surface area (Å²) < 4.78 is 5.03. The number of alkyl carbamates (subject to hydrolysis) is 1. The topological polar surface area (TPSA) is 70.6 Å². The Morgan fingerprint density at radius 2 is 2.05 bits per heavy atom. The zero-order chi connectivity index (χ0) is 13.5. The summed E-state index contributed by atoms with van der Waals surface area (Å²) in [5.74, 6) is 0. The molecule has 104 valence electrons. The number of aliphatic hydroxyl groups is 1. The number of hydrogen-bond donors (Lipinski definition) is 3. The van der Waals surface area contributed by atoms with Crippen LogP contribution >= 0.6 is 0 Å². The van der Waals surface area contributed by atoms with Crippen LogP contribution in [0.5, 0.6) is 0 Å². The molecular formula is C14H20N2O3. The highest BCUT2D eigenvalue weighted by Crippen LogP contribution is 2.18. The predicted octanol–water partition coefficient (Wildman–Crippen LogP) is 1.03. The van der Waals surface area contributed by atoms with Gasteiger partial charge in [-0.1, -0.05) is 30.3 Å². The van der Waals surface area contributed by atoms with Crippen molar-refractivity contribution in [1.29, 1.82) is 0 Å². The quantitative estimate of drug-likeness (QED) is 0.688. The van der Waals surface area contributed by atoms with E-state index in [1.165, 1.54) is 12.8 Å². The summed E-state index contributed by atoms with van der Waals surface area (Å²) in [5.41, 5.74) is 0.939. The van der Waals surface area contributed by atoms with Crippen molar-refractivity contribution >= 4 is 6.09 Å². The third-order valence-electron chi connectivity index (χ3n) is 2.91. The van der Waals surface area contributed by atoms with Gasteiger partial charge in [-0.25, -0.2) is 4.79 Å². The third kappa shape index (κ3) is 5.72. The Balaban J connectivity index is 1.56. The van der Waals surface area contributed by atoms with E-state index in [2.05, 4.69) is 10.6 Å². The first kappa shape index (κ1) is 13.8. The van der Waals surface area contributed by atoms with Crippen LogP contribution in [0, 0.1) is 0 Å². The summed E-state index contributed by atoms with van der Waals surface area (Å²) in [6, 6.07) is 10.0. The Bertz CT molecular complexity index is 393. The third-order valence-corrected chi connectivity index (χ3v) is 2.91. The lowest BCUT2D eigenvalue weighted by atomic mass is 10.2. The molecule has 1 aromatic rings. The Morgan fingerprint density at radius 3 is 2.74 bits per heavy atom. The lowest BCUT2D eigenvalue weighted by molar-refractivity contribution is 0.125. The molecule has 3 N–H and O–H groups in total. The molecule has 5 nitrogen and oxygen atoms in total. The number of ether oxygens (including phenoxy) is 1. The van der Waals surface area contributed by atoms with Crippen LogP contribution in [0.25, 0.3) is 0 Å². The fourth-order valence-corrected chi connectivity index (χ4v) is 1.64. The van der Waals surface area contributed by atoms with E-state index in [1.54, 1.807) is 0 Å². The zero-order valence-corrected chi connectivity index (χ0v) is 10.8. The average molecular weight is 264 g/mol. The summed E-state index contributed by atoms with van der Waals surface area (Å²) >= 11 is 0. The zero-order valence-electron chi connectivity index (χ0n) is 10.8. The molecule has 5 heteroatoms. The predicted molar refractivity (Wildman–Crippen MR) is 71.7 cm³/mol. The molecule has 0 heterocycles. The molecule has 1 fully saturated rings. The fraction of sp³-hybridized carbons (Fsp3) is 0.500. The Labute approximate surface area is 113 Å². The Morgan fingerprint density at radius 1 is 1.32 bits per heavy atom. The minimum Gasteiger partial charge on any atom is -0.445 e. The van der Waals surface area contributed by atoms with E-state index in [0.29, 0.717) is 12.6 Å². The van der Waals surface area contributed by atoms with Crippen molar-refractivity contribution in [1.82, 2.24) is 10.6 Å². The Kier molecular flexibility index (Phi) is 5.18. The van der Waals surface area contributed by atoms with Gasteiger partial charge in [-0.2, -0.15) is 0 Å². The van der Waals surface area contributed by atoms with Gasteiger partial charge in [-0.3, -0.25) is 0 Å². The van der Waals surface area contributed by atoms with E-state index in [-0.39, 0.29) is 13.2 Å². The van der Waals surface area contributed by atoms with Crippen LogP contribution in [-0.4, -0.2) is 36.4 Å². The first-order chi connectivity index (χ1) is 9.24. The summed E-state index contributed by atoms with van der Waals surface area (Å²) in [6.07, 6.45) is 1.28. The molecule has 1 aliphatic carbocycles. The van der Waals surface area contributed by atoms with Crippen molar-refractivity contribution in [2.75, 3.05) is 13.1 Å². The largest absolute Gasteiger partial charge is 0.445 e. The molecule has 1 atom stereocenters. The number of amides is 1. The van der Waals surface area contributed by atoms with Gasteiger partial charge in [-0.15, -0.1) is 0 Å². The van der Waals surface area contributed by atoms with E-state index >= 15 is 0 Å². The van der Waals surface area contributed by atoms with Gasteiger partial charge in [-0.05, 0) is 18.4 Å². The minimum absolute atomic E-state index is 0.202. The molecule has 2 rings (SSSR count). The molecule has 0 saturated heterocycles. The molecule has 1 amide bonds. The molecule has 0 bridgehead atoms. The monoisotopic (exact) mass is 264 g/mol.